The Morgan fingerprint density at radius 3 is 2.78 bits per heavy atom. The van der Waals surface area contributed by atoms with Crippen LogP contribution in [0.1, 0.15) is 19.8 Å². The van der Waals surface area contributed by atoms with E-state index >= 15 is 0 Å². The van der Waals surface area contributed by atoms with Crippen LogP contribution in [-0.4, -0.2) is 31.5 Å². The maximum Gasteiger partial charge on any atom is 0.249 e. The van der Waals surface area contributed by atoms with Crippen LogP contribution in [0.25, 0.3) is 0 Å². The molecule has 1 unspecified atom stereocenters. The number of ketones is 1. The van der Waals surface area contributed by atoms with Crippen molar-refractivity contribution >= 4 is 17.4 Å². The second-order valence-electron chi connectivity index (χ2n) is 5.41. The molecule has 1 atom stereocenters. The van der Waals surface area contributed by atoms with Gasteiger partial charge < -0.3 is 14.8 Å². The number of nitrogens with one attached hydrogen (secondary N) is 1. The van der Waals surface area contributed by atoms with E-state index in [0.717, 1.165) is 12.8 Å². The summed E-state index contributed by atoms with van der Waals surface area (Å²) >= 11 is 0. The smallest absolute Gasteiger partial charge is 0.249 e. The van der Waals surface area contributed by atoms with Crippen LogP contribution in [0.2, 0.25) is 0 Å². The molecule has 0 saturated heterocycles. The molecule has 1 amide bonds. The summed E-state index contributed by atoms with van der Waals surface area (Å²) in [6.45, 7) is 2.58. The topological polar surface area (TPSA) is 88.4 Å². The molecule has 1 aliphatic carbocycles. The molecule has 0 heterocycles. The number of hydrogen-bond acceptors (Lipinski definition) is 5. The number of amides is 1. The lowest BCUT2D eigenvalue weighted by molar-refractivity contribution is -0.132. The Bertz CT molecular complexity index is 605. The van der Waals surface area contributed by atoms with Gasteiger partial charge in [0.1, 0.15) is 12.4 Å². The number of benzene rings is 1. The Kier molecular flexibility index (Phi) is 6.12. The Balaban J connectivity index is 1.93. The molecule has 1 aromatic rings. The van der Waals surface area contributed by atoms with Gasteiger partial charge in [-0.05, 0) is 37.8 Å². The molecule has 0 aromatic heterocycles. The lowest BCUT2D eigenvalue weighted by Crippen LogP contribution is -2.31. The first kappa shape index (κ1) is 17.0. The Labute approximate surface area is 135 Å². The van der Waals surface area contributed by atoms with Gasteiger partial charge in [0.15, 0.2) is 11.7 Å². The predicted octanol–water partition coefficient (Wildman–Crippen LogP) is 2.16. The molecule has 1 fully saturated rings. The number of nitriles is 1. The van der Waals surface area contributed by atoms with Gasteiger partial charge in [-0.3, -0.25) is 9.59 Å². The first-order chi connectivity index (χ1) is 11.2. The quantitative estimate of drug-likeness (QED) is 0.705. The summed E-state index contributed by atoms with van der Waals surface area (Å²) in [7, 11) is 0. The predicted molar refractivity (Wildman–Crippen MR) is 83.9 cm³/mol. The largest absolute Gasteiger partial charge is 0.492 e. The number of ether oxygens (including phenoxy) is 2. The van der Waals surface area contributed by atoms with Gasteiger partial charge >= 0.3 is 0 Å². The Morgan fingerprint density at radius 2 is 2.13 bits per heavy atom. The second-order valence-corrected chi connectivity index (χ2v) is 5.41. The van der Waals surface area contributed by atoms with Gasteiger partial charge in [0, 0.05) is 6.61 Å². The molecule has 23 heavy (non-hydrogen) atoms. The van der Waals surface area contributed by atoms with Crippen LogP contribution < -0.4 is 10.1 Å². The van der Waals surface area contributed by atoms with Crippen molar-refractivity contribution in [1.29, 1.82) is 5.26 Å². The number of carbonyl (C=O) groups excluding carboxylic acids is 2. The van der Waals surface area contributed by atoms with Crippen LogP contribution in [0.4, 0.5) is 5.69 Å². The van der Waals surface area contributed by atoms with E-state index in [1.165, 1.54) is 0 Å². The van der Waals surface area contributed by atoms with Crippen molar-refractivity contribution in [2.24, 2.45) is 11.8 Å². The highest BCUT2D eigenvalue weighted by Crippen LogP contribution is 2.28. The average Bonchev–Trinajstić information content (AvgIpc) is 3.34. The Morgan fingerprint density at radius 1 is 1.39 bits per heavy atom. The van der Waals surface area contributed by atoms with E-state index in [1.807, 2.05) is 6.92 Å². The van der Waals surface area contributed by atoms with Gasteiger partial charge in [-0.1, -0.05) is 12.1 Å². The molecular formula is C17H20N2O4. The van der Waals surface area contributed by atoms with E-state index in [0.29, 0.717) is 30.6 Å². The molecule has 1 N–H and O–H groups in total. The van der Waals surface area contributed by atoms with Gasteiger partial charge in [0.2, 0.25) is 5.91 Å². The first-order valence-electron chi connectivity index (χ1n) is 7.68. The van der Waals surface area contributed by atoms with Crippen LogP contribution in [0.3, 0.4) is 0 Å². The van der Waals surface area contributed by atoms with Crippen molar-refractivity contribution in [3.8, 4) is 11.8 Å². The molecule has 1 aliphatic rings. The van der Waals surface area contributed by atoms with E-state index in [2.05, 4.69) is 5.32 Å². The summed E-state index contributed by atoms with van der Waals surface area (Å²) in [6, 6.07) is 8.63. The molecule has 0 spiro atoms. The molecule has 1 saturated carbocycles. The standard InChI is InChI=1S/C17H20N2O4/c1-2-23-16-6-4-3-5-14(16)19-17(21)13(9-18)15(20)11-22-10-12-7-8-12/h3-6,12-13H,2,7-8,10-11H2,1H3,(H,19,21). The minimum atomic E-state index is -1.39. The van der Waals surface area contributed by atoms with E-state index in [-0.39, 0.29) is 6.61 Å². The monoisotopic (exact) mass is 316 g/mol. The molecule has 0 aliphatic heterocycles. The molecule has 6 nitrogen and oxygen atoms in total. The molecule has 0 radical (unpaired) electrons. The number of hydrogen-bond donors (Lipinski definition) is 1. The van der Waals surface area contributed by atoms with Crippen LogP contribution in [0.5, 0.6) is 5.75 Å². The van der Waals surface area contributed by atoms with Crippen LogP contribution in [0.15, 0.2) is 24.3 Å². The SMILES string of the molecule is CCOc1ccccc1NC(=O)C(C#N)C(=O)COCC1CC1. The number of carbonyl (C=O) groups is 2. The van der Waals surface area contributed by atoms with Crippen molar-refractivity contribution in [3.63, 3.8) is 0 Å². The Hall–Kier alpha value is -2.39. The number of para-hydroxylation sites is 2. The minimum absolute atomic E-state index is 0.213. The fourth-order valence-electron chi connectivity index (χ4n) is 2.03. The number of rotatable bonds is 9. The highest BCUT2D eigenvalue weighted by atomic mass is 16.5. The lowest BCUT2D eigenvalue weighted by atomic mass is 10.1. The van der Waals surface area contributed by atoms with Crippen molar-refractivity contribution < 1.29 is 19.1 Å². The van der Waals surface area contributed by atoms with Crippen molar-refractivity contribution in [3.05, 3.63) is 24.3 Å². The third-order valence-corrected chi connectivity index (χ3v) is 3.45. The zero-order chi connectivity index (χ0) is 16.7. The van der Waals surface area contributed by atoms with E-state index in [1.54, 1.807) is 30.3 Å². The number of nitrogens with zero attached hydrogens (tertiary/aromatic N) is 1. The second kappa shape index (κ2) is 8.30. The zero-order valence-corrected chi connectivity index (χ0v) is 13.1. The van der Waals surface area contributed by atoms with Crippen molar-refractivity contribution in [2.45, 2.75) is 19.8 Å². The summed E-state index contributed by atoms with van der Waals surface area (Å²) in [5.74, 6) is -1.56. The maximum absolute atomic E-state index is 12.2. The highest BCUT2D eigenvalue weighted by Gasteiger charge is 2.28. The summed E-state index contributed by atoms with van der Waals surface area (Å²) in [6.07, 6.45) is 2.23. The van der Waals surface area contributed by atoms with Crippen molar-refractivity contribution in [1.82, 2.24) is 0 Å². The van der Waals surface area contributed by atoms with Gasteiger partial charge in [0.25, 0.3) is 0 Å². The van der Waals surface area contributed by atoms with Crippen LogP contribution >= 0.6 is 0 Å². The van der Waals surface area contributed by atoms with E-state index < -0.39 is 17.6 Å². The molecule has 0 bridgehead atoms. The van der Waals surface area contributed by atoms with Gasteiger partial charge in [-0.2, -0.15) is 5.26 Å². The first-order valence-corrected chi connectivity index (χ1v) is 7.68. The van der Waals surface area contributed by atoms with Crippen LogP contribution in [0, 0.1) is 23.2 Å². The van der Waals surface area contributed by atoms with E-state index in [4.69, 9.17) is 14.7 Å². The fraction of sp³-hybridized carbons (Fsp3) is 0.471. The fourth-order valence-corrected chi connectivity index (χ4v) is 2.03. The van der Waals surface area contributed by atoms with Crippen LogP contribution in [-0.2, 0) is 14.3 Å². The summed E-state index contributed by atoms with van der Waals surface area (Å²) in [4.78, 5) is 24.2. The minimum Gasteiger partial charge on any atom is -0.492 e. The van der Waals surface area contributed by atoms with Gasteiger partial charge in [-0.25, -0.2) is 0 Å². The van der Waals surface area contributed by atoms with Gasteiger partial charge in [-0.15, -0.1) is 0 Å². The third kappa shape index (κ3) is 5.08. The molecule has 1 aromatic carbocycles. The highest BCUT2D eigenvalue weighted by molar-refractivity contribution is 6.10. The summed E-state index contributed by atoms with van der Waals surface area (Å²) < 4.78 is 10.7. The molecule has 6 heteroatoms. The van der Waals surface area contributed by atoms with Crippen molar-refractivity contribution in [2.75, 3.05) is 25.1 Å². The maximum atomic E-state index is 12.2. The number of anilines is 1. The number of Topliss-reactive ketones (excluding diaryl/α,β-unsaturated/α-hetero) is 1. The average molecular weight is 316 g/mol. The van der Waals surface area contributed by atoms with Gasteiger partial charge in [0.05, 0.1) is 18.4 Å². The molecular weight excluding hydrogens is 296 g/mol. The third-order valence-electron chi connectivity index (χ3n) is 3.45. The van der Waals surface area contributed by atoms with E-state index in [9.17, 15) is 9.59 Å². The summed E-state index contributed by atoms with van der Waals surface area (Å²) in [5, 5.41) is 11.7. The molecule has 122 valence electrons. The molecule has 2 rings (SSSR count). The lowest BCUT2D eigenvalue weighted by Gasteiger charge is -2.13. The zero-order valence-electron chi connectivity index (χ0n) is 13.1. The summed E-state index contributed by atoms with van der Waals surface area (Å²) in [5.41, 5.74) is 0.436. The normalized spacial score (nSPS) is 14.6.